The maximum atomic E-state index is 5.40. The molecule has 0 aliphatic carbocycles. The molecule has 17 heavy (non-hydrogen) atoms. The number of likely N-dealkylation sites (N-methyl/N-ethyl adjacent to an activating group) is 1. The summed E-state index contributed by atoms with van der Waals surface area (Å²) in [7, 11) is 2.06. The molecule has 0 spiro atoms. The van der Waals surface area contributed by atoms with Crippen LogP contribution in [-0.2, 0) is 11.2 Å². The van der Waals surface area contributed by atoms with Crippen LogP contribution in [0.5, 0.6) is 0 Å². The minimum Gasteiger partial charge on any atom is -0.381 e. The van der Waals surface area contributed by atoms with Gasteiger partial charge in [0.25, 0.3) is 0 Å². The fourth-order valence-corrected chi connectivity index (χ4v) is 2.49. The van der Waals surface area contributed by atoms with Crippen molar-refractivity contribution in [3.63, 3.8) is 0 Å². The van der Waals surface area contributed by atoms with E-state index in [1.807, 2.05) is 18.5 Å². The number of hydrogen-bond acceptors (Lipinski definition) is 3. The number of hydrogen-bond donors (Lipinski definition) is 1. The first-order valence-electron chi connectivity index (χ1n) is 6.52. The van der Waals surface area contributed by atoms with E-state index in [-0.39, 0.29) is 0 Å². The van der Waals surface area contributed by atoms with Crippen LogP contribution in [-0.4, -0.2) is 31.3 Å². The van der Waals surface area contributed by atoms with E-state index in [2.05, 4.69) is 23.4 Å². The molecule has 0 radical (unpaired) electrons. The van der Waals surface area contributed by atoms with Gasteiger partial charge in [0.05, 0.1) is 0 Å². The zero-order chi connectivity index (χ0) is 11.9. The van der Waals surface area contributed by atoms with Crippen LogP contribution in [0.15, 0.2) is 24.5 Å². The molecule has 2 heterocycles. The first-order valence-corrected chi connectivity index (χ1v) is 6.52. The Hall–Kier alpha value is -0.930. The number of aromatic nitrogens is 1. The fourth-order valence-electron chi connectivity index (χ4n) is 2.49. The van der Waals surface area contributed by atoms with Crippen molar-refractivity contribution in [3.05, 3.63) is 30.1 Å². The van der Waals surface area contributed by atoms with Crippen LogP contribution in [0.4, 0.5) is 0 Å². The van der Waals surface area contributed by atoms with E-state index in [1.54, 1.807) is 0 Å². The summed E-state index contributed by atoms with van der Waals surface area (Å²) in [4.78, 5) is 4.17. The number of ether oxygens (including phenoxy) is 1. The van der Waals surface area contributed by atoms with Crippen molar-refractivity contribution in [1.82, 2.24) is 10.3 Å². The quantitative estimate of drug-likeness (QED) is 0.846. The molecule has 1 atom stereocenters. The largest absolute Gasteiger partial charge is 0.381 e. The molecular weight excluding hydrogens is 212 g/mol. The molecule has 1 unspecified atom stereocenters. The van der Waals surface area contributed by atoms with Crippen molar-refractivity contribution < 1.29 is 4.74 Å². The van der Waals surface area contributed by atoms with Gasteiger partial charge in [-0.3, -0.25) is 4.98 Å². The van der Waals surface area contributed by atoms with E-state index in [0.29, 0.717) is 6.04 Å². The number of pyridine rings is 1. The van der Waals surface area contributed by atoms with Crippen LogP contribution >= 0.6 is 0 Å². The van der Waals surface area contributed by atoms with E-state index >= 15 is 0 Å². The van der Waals surface area contributed by atoms with Crippen LogP contribution < -0.4 is 5.32 Å². The van der Waals surface area contributed by atoms with Crippen LogP contribution in [0.1, 0.15) is 24.8 Å². The zero-order valence-electron chi connectivity index (χ0n) is 10.6. The minimum absolute atomic E-state index is 0.558. The van der Waals surface area contributed by atoms with Crippen molar-refractivity contribution in [2.24, 2.45) is 5.92 Å². The Bertz CT molecular complexity index is 309. The molecule has 94 valence electrons. The monoisotopic (exact) mass is 234 g/mol. The van der Waals surface area contributed by atoms with Crippen LogP contribution in [0.2, 0.25) is 0 Å². The highest BCUT2D eigenvalue weighted by molar-refractivity contribution is 5.10. The van der Waals surface area contributed by atoms with E-state index in [0.717, 1.165) is 25.6 Å². The van der Waals surface area contributed by atoms with Crippen LogP contribution in [0.3, 0.4) is 0 Å². The fraction of sp³-hybridized carbons (Fsp3) is 0.643. The van der Waals surface area contributed by atoms with E-state index in [9.17, 15) is 0 Å². The highest BCUT2D eigenvalue weighted by Crippen LogP contribution is 2.21. The standard InChI is InChI=1S/C14H22N2O/c1-15-14(9-12-4-7-17-8-5-12)10-13-3-2-6-16-11-13/h2-3,6,11-12,14-15H,4-5,7-10H2,1H3. The molecule has 0 aromatic carbocycles. The van der Waals surface area contributed by atoms with Gasteiger partial charge in [-0.15, -0.1) is 0 Å². The van der Waals surface area contributed by atoms with Gasteiger partial charge in [0.2, 0.25) is 0 Å². The third kappa shape index (κ3) is 4.10. The van der Waals surface area contributed by atoms with Gasteiger partial charge in [-0.1, -0.05) is 6.07 Å². The lowest BCUT2D eigenvalue weighted by Gasteiger charge is -2.26. The lowest BCUT2D eigenvalue weighted by atomic mass is 9.90. The first kappa shape index (κ1) is 12.5. The molecule has 0 saturated carbocycles. The first-order chi connectivity index (χ1) is 8.38. The smallest absolute Gasteiger partial charge is 0.0468 e. The Kier molecular flexibility index (Phi) is 4.95. The van der Waals surface area contributed by atoms with Crippen molar-refractivity contribution in [2.75, 3.05) is 20.3 Å². The van der Waals surface area contributed by atoms with Gasteiger partial charge in [-0.2, -0.15) is 0 Å². The maximum absolute atomic E-state index is 5.40. The highest BCUT2D eigenvalue weighted by atomic mass is 16.5. The molecule has 2 rings (SSSR count). The number of nitrogens with zero attached hydrogens (tertiary/aromatic N) is 1. The number of nitrogens with one attached hydrogen (secondary N) is 1. The topological polar surface area (TPSA) is 34.2 Å². The van der Waals surface area contributed by atoms with Crippen LogP contribution in [0, 0.1) is 5.92 Å². The Balaban J connectivity index is 1.83. The summed E-state index contributed by atoms with van der Waals surface area (Å²) in [5.41, 5.74) is 1.32. The Labute approximate surface area is 104 Å². The van der Waals surface area contributed by atoms with Gasteiger partial charge < -0.3 is 10.1 Å². The average Bonchev–Trinajstić information content (AvgIpc) is 2.40. The Morgan fingerprint density at radius 3 is 2.94 bits per heavy atom. The van der Waals surface area contributed by atoms with Gasteiger partial charge >= 0.3 is 0 Å². The second-order valence-electron chi connectivity index (χ2n) is 4.84. The molecule has 0 amide bonds. The molecule has 3 nitrogen and oxygen atoms in total. The average molecular weight is 234 g/mol. The van der Waals surface area contributed by atoms with Gasteiger partial charge in [-0.05, 0) is 50.3 Å². The molecule has 1 fully saturated rings. The van der Waals surface area contributed by atoms with E-state index in [4.69, 9.17) is 4.74 Å². The second-order valence-corrected chi connectivity index (χ2v) is 4.84. The van der Waals surface area contributed by atoms with Gasteiger partial charge in [-0.25, -0.2) is 0 Å². The minimum atomic E-state index is 0.558. The van der Waals surface area contributed by atoms with Crippen molar-refractivity contribution in [2.45, 2.75) is 31.7 Å². The molecule has 1 aromatic heterocycles. The lowest BCUT2D eigenvalue weighted by Crippen LogP contribution is -2.32. The van der Waals surface area contributed by atoms with Crippen molar-refractivity contribution in [1.29, 1.82) is 0 Å². The number of rotatable bonds is 5. The van der Waals surface area contributed by atoms with Gasteiger partial charge in [0.15, 0.2) is 0 Å². The molecule has 1 saturated heterocycles. The van der Waals surface area contributed by atoms with Crippen LogP contribution in [0.25, 0.3) is 0 Å². The summed E-state index contributed by atoms with van der Waals surface area (Å²) in [5.74, 6) is 0.817. The second kappa shape index (κ2) is 6.72. The SMILES string of the molecule is CNC(Cc1cccnc1)CC1CCOCC1. The molecule has 1 N–H and O–H groups in total. The summed E-state index contributed by atoms with van der Waals surface area (Å²) in [6.45, 7) is 1.88. The summed E-state index contributed by atoms with van der Waals surface area (Å²) < 4.78 is 5.40. The molecular formula is C14H22N2O. The highest BCUT2D eigenvalue weighted by Gasteiger charge is 2.18. The van der Waals surface area contributed by atoms with Gasteiger partial charge in [0.1, 0.15) is 0 Å². The molecule has 1 aliphatic heterocycles. The zero-order valence-corrected chi connectivity index (χ0v) is 10.6. The summed E-state index contributed by atoms with van der Waals surface area (Å²) in [6, 6.07) is 4.72. The Morgan fingerprint density at radius 1 is 1.47 bits per heavy atom. The molecule has 0 bridgehead atoms. The van der Waals surface area contributed by atoms with E-state index < -0.39 is 0 Å². The summed E-state index contributed by atoms with van der Waals surface area (Å²) >= 11 is 0. The maximum Gasteiger partial charge on any atom is 0.0468 e. The summed E-state index contributed by atoms with van der Waals surface area (Å²) in [6.07, 6.45) is 8.54. The van der Waals surface area contributed by atoms with E-state index in [1.165, 1.54) is 24.8 Å². The molecule has 1 aromatic rings. The third-order valence-electron chi connectivity index (χ3n) is 3.57. The molecule has 1 aliphatic rings. The predicted molar refractivity (Wildman–Crippen MR) is 68.9 cm³/mol. The van der Waals surface area contributed by atoms with Gasteiger partial charge in [0, 0.05) is 31.6 Å². The Morgan fingerprint density at radius 2 is 2.29 bits per heavy atom. The predicted octanol–water partition coefficient (Wildman–Crippen LogP) is 2.03. The van der Waals surface area contributed by atoms with Crippen molar-refractivity contribution in [3.8, 4) is 0 Å². The summed E-state index contributed by atoms with van der Waals surface area (Å²) in [5, 5.41) is 3.43. The molecule has 3 heteroatoms. The van der Waals surface area contributed by atoms with Crippen molar-refractivity contribution >= 4 is 0 Å². The third-order valence-corrected chi connectivity index (χ3v) is 3.57. The normalized spacial score (nSPS) is 19.1. The lowest BCUT2D eigenvalue weighted by molar-refractivity contribution is 0.0608.